The van der Waals surface area contributed by atoms with Crippen molar-refractivity contribution in [3.05, 3.63) is 59.2 Å². The second-order valence-corrected chi connectivity index (χ2v) is 7.08. The van der Waals surface area contributed by atoms with Crippen LogP contribution in [0.15, 0.2) is 42.5 Å². The van der Waals surface area contributed by atoms with Crippen LogP contribution in [0.25, 0.3) is 0 Å². The van der Waals surface area contributed by atoms with Crippen LogP contribution >= 0.6 is 0 Å². The molecular formula is C21H18F3N3O2. The molecule has 1 atom stereocenters. The van der Waals surface area contributed by atoms with Crippen LogP contribution in [0.1, 0.15) is 30.5 Å². The van der Waals surface area contributed by atoms with Crippen molar-refractivity contribution >= 4 is 5.69 Å². The van der Waals surface area contributed by atoms with Crippen molar-refractivity contribution in [2.75, 3.05) is 18.1 Å². The number of hydrogen-bond acceptors (Lipinski definition) is 5. The topological polar surface area (TPSA) is 69.3 Å². The molecule has 0 aromatic heterocycles. The molecule has 0 aliphatic carbocycles. The molecule has 1 fully saturated rings. The normalized spacial score (nSPS) is 18.2. The Morgan fingerprint density at radius 2 is 1.83 bits per heavy atom. The van der Waals surface area contributed by atoms with Gasteiger partial charge in [0.2, 0.25) is 0 Å². The summed E-state index contributed by atoms with van der Waals surface area (Å²) in [6, 6.07) is 13.9. The van der Waals surface area contributed by atoms with E-state index in [0.717, 1.165) is 6.07 Å². The second kappa shape index (κ2) is 7.65. The Hall–Kier alpha value is -3.23. The molecule has 1 saturated heterocycles. The molecule has 1 heterocycles. The van der Waals surface area contributed by atoms with Gasteiger partial charge in [-0.25, -0.2) is 0 Å². The van der Waals surface area contributed by atoms with Gasteiger partial charge in [-0.15, -0.1) is 0 Å². The zero-order valence-corrected chi connectivity index (χ0v) is 15.8. The summed E-state index contributed by atoms with van der Waals surface area (Å²) < 4.78 is 51.5. The highest BCUT2D eigenvalue weighted by atomic mass is 19.4. The van der Waals surface area contributed by atoms with Gasteiger partial charge in [-0.05, 0) is 56.3 Å². The number of nitriles is 2. The molecule has 0 bridgehead atoms. The van der Waals surface area contributed by atoms with Crippen molar-refractivity contribution in [3.8, 4) is 17.9 Å². The van der Waals surface area contributed by atoms with Crippen molar-refractivity contribution in [2.45, 2.75) is 31.9 Å². The summed E-state index contributed by atoms with van der Waals surface area (Å²) in [5, 5.41) is 17.8. The average Bonchev–Trinajstić information content (AvgIpc) is 3.00. The summed E-state index contributed by atoms with van der Waals surface area (Å²) in [5.74, 6) is 0.571. The predicted molar refractivity (Wildman–Crippen MR) is 99.1 cm³/mol. The molecule has 3 rings (SSSR count). The Morgan fingerprint density at radius 1 is 1.14 bits per heavy atom. The quantitative estimate of drug-likeness (QED) is 0.756. The van der Waals surface area contributed by atoms with Gasteiger partial charge in [-0.1, -0.05) is 0 Å². The fourth-order valence-corrected chi connectivity index (χ4v) is 3.28. The van der Waals surface area contributed by atoms with Crippen LogP contribution in [0, 0.1) is 22.7 Å². The van der Waals surface area contributed by atoms with E-state index in [1.165, 1.54) is 12.1 Å². The molecule has 2 aromatic carbocycles. The summed E-state index contributed by atoms with van der Waals surface area (Å²) in [5.41, 5.74) is -1.40. The Kier molecular flexibility index (Phi) is 5.41. The summed E-state index contributed by atoms with van der Waals surface area (Å²) in [6.45, 7) is 4.06. The number of rotatable bonds is 4. The van der Waals surface area contributed by atoms with Gasteiger partial charge in [0.15, 0.2) is 0 Å². The van der Waals surface area contributed by atoms with E-state index in [0.29, 0.717) is 23.5 Å². The third kappa shape index (κ3) is 4.44. The number of halogens is 3. The van der Waals surface area contributed by atoms with Crippen molar-refractivity contribution in [1.29, 1.82) is 10.5 Å². The van der Waals surface area contributed by atoms with E-state index < -0.39 is 23.0 Å². The first-order valence-corrected chi connectivity index (χ1v) is 8.84. The fourth-order valence-electron chi connectivity index (χ4n) is 3.28. The van der Waals surface area contributed by atoms with Crippen LogP contribution < -0.4 is 9.64 Å². The molecule has 1 aliphatic heterocycles. The fraction of sp³-hybridized carbons (Fsp3) is 0.333. The third-order valence-corrected chi connectivity index (χ3v) is 4.65. The van der Waals surface area contributed by atoms with Gasteiger partial charge in [0.25, 0.3) is 0 Å². The lowest BCUT2D eigenvalue weighted by Gasteiger charge is -2.32. The molecule has 5 nitrogen and oxygen atoms in total. The zero-order valence-electron chi connectivity index (χ0n) is 15.8. The van der Waals surface area contributed by atoms with Gasteiger partial charge in [-0.3, -0.25) is 0 Å². The number of anilines is 1. The summed E-state index contributed by atoms with van der Waals surface area (Å²) in [7, 11) is 0. The van der Waals surface area contributed by atoms with E-state index in [9.17, 15) is 13.2 Å². The highest BCUT2D eigenvalue weighted by Crippen LogP contribution is 2.38. The lowest BCUT2D eigenvalue weighted by atomic mass is 10.1. The summed E-state index contributed by atoms with van der Waals surface area (Å²) >= 11 is 0. The molecule has 29 heavy (non-hydrogen) atoms. The van der Waals surface area contributed by atoms with E-state index in [2.05, 4.69) is 0 Å². The molecule has 0 saturated carbocycles. The number of benzene rings is 2. The molecule has 150 valence electrons. The highest BCUT2D eigenvalue weighted by Gasteiger charge is 2.41. The average molecular weight is 401 g/mol. The van der Waals surface area contributed by atoms with Gasteiger partial charge >= 0.3 is 6.18 Å². The molecule has 0 radical (unpaired) electrons. The predicted octanol–water partition coefficient (Wildman–Crippen LogP) is 4.47. The Labute approximate surface area is 166 Å². The molecule has 1 aliphatic rings. The van der Waals surface area contributed by atoms with E-state index in [1.54, 1.807) is 49.1 Å². The standard InChI is InChI=1S/C21H18F3N3O2/c1-20(2)27(16-6-5-15(11-26)19(9-16)21(22,23)24)12-18(29-20)13-28-17-7-3-14(10-25)4-8-17/h3-9,18H,12-13H2,1-2H3. The number of ether oxygens (including phenoxy) is 2. The van der Waals surface area contributed by atoms with Gasteiger partial charge < -0.3 is 14.4 Å². The van der Waals surface area contributed by atoms with Gasteiger partial charge in [0.05, 0.1) is 35.4 Å². The Balaban J connectivity index is 1.76. The lowest BCUT2D eigenvalue weighted by Crippen LogP contribution is -2.39. The van der Waals surface area contributed by atoms with Gasteiger partial charge in [0.1, 0.15) is 24.2 Å². The van der Waals surface area contributed by atoms with Crippen LogP contribution in [0.4, 0.5) is 18.9 Å². The first kappa shape index (κ1) is 20.5. The van der Waals surface area contributed by atoms with E-state index in [4.69, 9.17) is 20.0 Å². The molecule has 1 unspecified atom stereocenters. The van der Waals surface area contributed by atoms with Gasteiger partial charge in [0, 0.05) is 5.69 Å². The smallest absolute Gasteiger partial charge is 0.417 e. The minimum absolute atomic E-state index is 0.203. The molecular weight excluding hydrogens is 383 g/mol. The highest BCUT2D eigenvalue weighted by molar-refractivity contribution is 5.56. The maximum atomic E-state index is 13.3. The first-order chi connectivity index (χ1) is 13.6. The number of hydrogen-bond donors (Lipinski definition) is 0. The van der Waals surface area contributed by atoms with E-state index in [1.807, 2.05) is 6.07 Å². The van der Waals surface area contributed by atoms with Crippen LogP contribution in [-0.2, 0) is 10.9 Å². The van der Waals surface area contributed by atoms with Crippen molar-refractivity contribution < 1.29 is 22.6 Å². The molecule has 0 amide bonds. The van der Waals surface area contributed by atoms with Crippen LogP contribution in [0.2, 0.25) is 0 Å². The molecule has 0 N–H and O–H groups in total. The molecule has 8 heteroatoms. The first-order valence-electron chi connectivity index (χ1n) is 8.84. The minimum atomic E-state index is -4.62. The Bertz CT molecular complexity index is 973. The van der Waals surface area contributed by atoms with Crippen molar-refractivity contribution in [3.63, 3.8) is 0 Å². The number of nitrogens with zero attached hydrogens (tertiary/aromatic N) is 3. The second-order valence-electron chi connectivity index (χ2n) is 7.08. The largest absolute Gasteiger partial charge is 0.491 e. The van der Waals surface area contributed by atoms with Crippen LogP contribution in [0.5, 0.6) is 5.75 Å². The minimum Gasteiger partial charge on any atom is -0.491 e. The van der Waals surface area contributed by atoms with Crippen LogP contribution in [-0.4, -0.2) is 25.0 Å². The molecule has 0 spiro atoms. The van der Waals surface area contributed by atoms with E-state index >= 15 is 0 Å². The van der Waals surface area contributed by atoms with Crippen molar-refractivity contribution in [1.82, 2.24) is 0 Å². The zero-order chi connectivity index (χ0) is 21.2. The summed E-state index contributed by atoms with van der Waals surface area (Å²) in [4.78, 5) is 1.72. The maximum absolute atomic E-state index is 13.3. The Morgan fingerprint density at radius 3 is 2.41 bits per heavy atom. The SMILES string of the molecule is CC1(C)OC(COc2ccc(C#N)cc2)CN1c1ccc(C#N)c(C(F)(F)F)c1. The lowest BCUT2D eigenvalue weighted by molar-refractivity contribution is -0.137. The monoisotopic (exact) mass is 401 g/mol. The molecule has 2 aromatic rings. The van der Waals surface area contributed by atoms with Gasteiger partial charge in [-0.2, -0.15) is 23.7 Å². The maximum Gasteiger partial charge on any atom is 0.417 e. The van der Waals surface area contributed by atoms with E-state index in [-0.39, 0.29) is 12.7 Å². The third-order valence-electron chi connectivity index (χ3n) is 4.65. The van der Waals surface area contributed by atoms with Crippen LogP contribution in [0.3, 0.4) is 0 Å². The van der Waals surface area contributed by atoms with Crippen molar-refractivity contribution in [2.24, 2.45) is 0 Å². The summed E-state index contributed by atoms with van der Waals surface area (Å²) in [6.07, 6.45) is -4.99. The number of alkyl halides is 3.